The molecule has 0 fully saturated rings. The van der Waals surface area contributed by atoms with Gasteiger partial charge in [-0.25, -0.2) is 0 Å². The van der Waals surface area contributed by atoms with Crippen LogP contribution in [0.2, 0.25) is 0 Å². The lowest BCUT2D eigenvalue weighted by atomic mass is 9.93. The van der Waals surface area contributed by atoms with Crippen LogP contribution < -0.4 is 4.90 Å². The van der Waals surface area contributed by atoms with Gasteiger partial charge in [0.15, 0.2) is 0 Å². The molecular formula is C58H39NO. The molecule has 11 aromatic rings. The molecule has 1 aromatic heterocycles. The Morgan fingerprint density at radius 1 is 0.267 bits per heavy atom. The van der Waals surface area contributed by atoms with Gasteiger partial charge < -0.3 is 9.32 Å². The molecule has 0 aliphatic rings. The van der Waals surface area contributed by atoms with Crippen LogP contribution in [0.5, 0.6) is 0 Å². The van der Waals surface area contributed by atoms with Gasteiger partial charge in [-0.05, 0) is 109 Å². The van der Waals surface area contributed by atoms with E-state index in [4.69, 9.17) is 4.42 Å². The summed E-state index contributed by atoms with van der Waals surface area (Å²) in [4.78, 5) is 2.34. The van der Waals surface area contributed by atoms with Crippen molar-refractivity contribution in [1.29, 1.82) is 0 Å². The number of anilines is 3. The fourth-order valence-electron chi connectivity index (χ4n) is 8.62. The molecule has 10 aromatic carbocycles. The maximum absolute atomic E-state index is 6.87. The number of nitrogens with zero attached hydrogens (tertiary/aromatic N) is 1. The highest BCUT2D eigenvalue weighted by atomic mass is 16.3. The minimum atomic E-state index is 0.860. The molecule has 0 saturated heterocycles. The second kappa shape index (κ2) is 15.1. The van der Waals surface area contributed by atoms with E-state index in [9.17, 15) is 0 Å². The smallest absolute Gasteiger partial charge is 0.143 e. The molecule has 0 radical (unpaired) electrons. The molecule has 0 atom stereocenters. The van der Waals surface area contributed by atoms with Crippen molar-refractivity contribution in [3.8, 4) is 55.6 Å². The molecular weight excluding hydrogens is 727 g/mol. The third kappa shape index (κ3) is 6.51. The number of fused-ring (bicyclic) bond motifs is 4. The van der Waals surface area contributed by atoms with Crippen LogP contribution in [0.3, 0.4) is 0 Å². The molecule has 2 heteroatoms. The highest BCUT2D eigenvalue weighted by molar-refractivity contribution is 6.19. The predicted octanol–water partition coefficient (Wildman–Crippen LogP) is 16.5. The van der Waals surface area contributed by atoms with E-state index in [2.05, 4.69) is 241 Å². The first-order valence-corrected chi connectivity index (χ1v) is 20.5. The summed E-state index contributed by atoms with van der Waals surface area (Å²) in [5.74, 6) is 0. The van der Waals surface area contributed by atoms with Crippen molar-refractivity contribution < 1.29 is 4.42 Å². The first-order chi connectivity index (χ1) is 29.7. The van der Waals surface area contributed by atoms with Gasteiger partial charge in [0.25, 0.3) is 0 Å². The molecule has 0 aliphatic carbocycles. The van der Waals surface area contributed by atoms with Gasteiger partial charge in [0.05, 0.1) is 0 Å². The highest BCUT2D eigenvalue weighted by Crippen LogP contribution is 2.44. The first kappa shape index (κ1) is 35.2. The van der Waals surface area contributed by atoms with Gasteiger partial charge in [-0.1, -0.05) is 188 Å². The summed E-state index contributed by atoms with van der Waals surface area (Å²) in [7, 11) is 0. The lowest BCUT2D eigenvalue weighted by Gasteiger charge is -2.26. The predicted molar refractivity (Wildman–Crippen MR) is 253 cm³/mol. The molecule has 0 aliphatic heterocycles. The molecule has 0 N–H and O–H groups in total. The van der Waals surface area contributed by atoms with E-state index in [1.54, 1.807) is 0 Å². The lowest BCUT2D eigenvalue weighted by Crippen LogP contribution is -2.09. The molecule has 0 amide bonds. The van der Waals surface area contributed by atoms with Crippen LogP contribution in [-0.4, -0.2) is 0 Å². The third-order valence-electron chi connectivity index (χ3n) is 11.7. The zero-order chi connectivity index (χ0) is 39.8. The third-order valence-corrected chi connectivity index (χ3v) is 11.7. The Balaban J connectivity index is 1.01. The number of hydrogen-bond donors (Lipinski definition) is 0. The average molecular weight is 766 g/mol. The lowest BCUT2D eigenvalue weighted by molar-refractivity contribution is 0.670. The fraction of sp³-hybridized carbons (Fsp3) is 0. The fourth-order valence-corrected chi connectivity index (χ4v) is 8.62. The molecule has 0 saturated carbocycles. The van der Waals surface area contributed by atoms with E-state index in [0.29, 0.717) is 0 Å². The Morgan fingerprint density at radius 3 is 1.13 bits per heavy atom. The van der Waals surface area contributed by atoms with E-state index < -0.39 is 0 Å². The Labute approximate surface area is 349 Å². The maximum Gasteiger partial charge on any atom is 0.143 e. The van der Waals surface area contributed by atoms with Crippen LogP contribution in [0.4, 0.5) is 17.1 Å². The highest BCUT2D eigenvalue weighted by Gasteiger charge is 2.20. The average Bonchev–Trinajstić information content (AvgIpc) is 3.69. The maximum atomic E-state index is 6.87. The zero-order valence-electron chi connectivity index (χ0n) is 32.9. The number of benzene rings is 10. The second-order valence-corrected chi connectivity index (χ2v) is 15.3. The molecule has 282 valence electrons. The Kier molecular flexibility index (Phi) is 8.87. The Hall–Kier alpha value is -7.94. The van der Waals surface area contributed by atoms with E-state index >= 15 is 0 Å². The quantitative estimate of drug-likeness (QED) is 0.153. The van der Waals surface area contributed by atoms with Crippen LogP contribution in [0.1, 0.15) is 0 Å². The monoisotopic (exact) mass is 765 g/mol. The molecule has 1 heterocycles. The number of rotatable bonds is 8. The van der Waals surface area contributed by atoms with Gasteiger partial charge in [-0.15, -0.1) is 0 Å². The summed E-state index contributed by atoms with van der Waals surface area (Å²) >= 11 is 0. The molecule has 2 nitrogen and oxygen atoms in total. The SMILES string of the molecule is c1ccc(-c2ccc(-c3ccc(-c4c5ccccc5cc5c4oc4ccc(N(c6ccc(-c7ccccc7)cc6)c6ccc(-c7ccccc7)cc6)cc45)cc3)cc2)cc1. The molecule has 0 bridgehead atoms. The summed E-state index contributed by atoms with van der Waals surface area (Å²) in [6.45, 7) is 0. The molecule has 0 unspecified atom stereocenters. The molecule has 11 rings (SSSR count). The van der Waals surface area contributed by atoms with Gasteiger partial charge in [-0.2, -0.15) is 0 Å². The van der Waals surface area contributed by atoms with Gasteiger partial charge >= 0.3 is 0 Å². The minimum absolute atomic E-state index is 0.860. The van der Waals surface area contributed by atoms with Crippen molar-refractivity contribution in [2.75, 3.05) is 4.90 Å². The standard InChI is InChI=1S/C58H39NO/c1-4-12-40(13-5-1)43-20-22-44(23-21-43)45-24-26-48(27-25-45)57-53-19-11-10-18-49(53)38-55-54-39-52(36-37-56(54)60-58(55)57)59(50-32-28-46(29-33-50)41-14-6-2-7-15-41)51-34-30-47(31-35-51)42-16-8-3-9-17-42/h1-39H. The van der Waals surface area contributed by atoms with E-state index in [1.807, 2.05) is 0 Å². The largest absolute Gasteiger partial charge is 0.455 e. The van der Waals surface area contributed by atoms with Crippen LogP contribution in [0.25, 0.3) is 88.3 Å². The van der Waals surface area contributed by atoms with Crippen molar-refractivity contribution >= 4 is 49.8 Å². The van der Waals surface area contributed by atoms with Gasteiger partial charge in [0, 0.05) is 33.4 Å². The van der Waals surface area contributed by atoms with Crippen LogP contribution in [0, 0.1) is 0 Å². The van der Waals surface area contributed by atoms with E-state index in [0.717, 1.165) is 50.1 Å². The van der Waals surface area contributed by atoms with E-state index in [-0.39, 0.29) is 0 Å². The summed E-state index contributed by atoms with van der Waals surface area (Å²) in [5, 5.41) is 4.53. The summed E-state index contributed by atoms with van der Waals surface area (Å²) in [6, 6.07) is 84.7. The number of furan rings is 1. The van der Waals surface area contributed by atoms with Crippen LogP contribution in [0.15, 0.2) is 241 Å². The summed E-state index contributed by atoms with van der Waals surface area (Å²) < 4.78 is 6.87. The van der Waals surface area contributed by atoms with Gasteiger partial charge in [0.2, 0.25) is 0 Å². The van der Waals surface area contributed by atoms with Crippen molar-refractivity contribution in [2.45, 2.75) is 0 Å². The first-order valence-electron chi connectivity index (χ1n) is 20.5. The second-order valence-electron chi connectivity index (χ2n) is 15.3. The van der Waals surface area contributed by atoms with Crippen molar-refractivity contribution in [1.82, 2.24) is 0 Å². The van der Waals surface area contributed by atoms with Crippen LogP contribution in [-0.2, 0) is 0 Å². The zero-order valence-corrected chi connectivity index (χ0v) is 32.9. The van der Waals surface area contributed by atoms with Crippen LogP contribution >= 0.6 is 0 Å². The Bertz CT molecular complexity index is 3160. The van der Waals surface area contributed by atoms with Gasteiger partial charge in [-0.3, -0.25) is 0 Å². The van der Waals surface area contributed by atoms with Crippen molar-refractivity contribution in [3.05, 3.63) is 237 Å². The molecule has 0 spiro atoms. The summed E-state index contributed by atoms with van der Waals surface area (Å²) in [5.41, 5.74) is 16.8. The van der Waals surface area contributed by atoms with Gasteiger partial charge in [0.1, 0.15) is 11.2 Å². The normalized spacial score (nSPS) is 11.3. The molecule has 60 heavy (non-hydrogen) atoms. The topological polar surface area (TPSA) is 16.4 Å². The summed E-state index contributed by atoms with van der Waals surface area (Å²) in [6.07, 6.45) is 0. The van der Waals surface area contributed by atoms with Crippen molar-refractivity contribution in [2.24, 2.45) is 0 Å². The minimum Gasteiger partial charge on any atom is -0.455 e. The number of hydrogen-bond acceptors (Lipinski definition) is 2. The van der Waals surface area contributed by atoms with Crippen molar-refractivity contribution in [3.63, 3.8) is 0 Å². The van der Waals surface area contributed by atoms with E-state index in [1.165, 1.54) is 55.3 Å². The Morgan fingerprint density at radius 2 is 0.650 bits per heavy atom.